The van der Waals surface area contributed by atoms with Crippen LogP contribution in [0.2, 0.25) is 0 Å². The molecule has 1 aliphatic carbocycles. The average molecular weight is 437 g/mol. The maximum atomic E-state index is 12.7. The van der Waals surface area contributed by atoms with Crippen molar-refractivity contribution < 1.29 is 9.59 Å². The van der Waals surface area contributed by atoms with E-state index in [0.717, 1.165) is 43.7 Å². The minimum absolute atomic E-state index is 0.0754. The summed E-state index contributed by atoms with van der Waals surface area (Å²) in [5.74, 6) is 0.00240. The lowest BCUT2D eigenvalue weighted by molar-refractivity contribution is -0.130. The molecule has 2 unspecified atom stereocenters. The molecule has 3 rings (SSSR count). The van der Waals surface area contributed by atoms with Gasteiger partial charge < -0.3 is 20.4 Å². The highest BCUT2D eigenvalue weighted by molar-refractivity contribution is 5.82. The minimum atomic E-state index is -0.0754. The molecule has 0 saturated heterocycles. The SMILES string of the molecule is CN(CCNC(=O)C1CCCC(C(=O)NCCN(C)c2ccccc2)C1)c1ccccc1. The Hall–Kier alpha value is -3.02. The van der Waals surface area contributed by atoms with Crippen LogP contribution in [-0.4, -0.2) is 52.1 Å². The Morgan fingerprint density at radius 2 is 1.16 bits per heavy atom. The number of amides is 2. The topological polar surface area (TPSA) is 64.7 Å². The van der Waals surface area contributed by atoms with Crippen molar-refractivity contribution in [3.63, 3.8) is 0 Å². The van der Waals surface area contributed by atoms with E-state index in [-0.39, 0.29) is 23.7 Å². The lowest BCUT2D eigenvalue weighted by Crippen LogP contribution is -2.42. The first kappa shape index (κ1) is 23.6. The van der Waals surface area contributed by atoms with E-state index in [1.807, 2.05) is 50.5 Å². The smallest absolute Gasteiger partial charge is 0.223 e. The summed E-state index contributed by atoms with van der Waals surface area (Å²) in [5.41, 5.74) is 2.27. The number of nitrogens with one attached hydrogen (secondary N) is 2. The van der Waals surface area contributed by atoms with Crippen LogP contribution in [0.4, 0.5) is 11.4 Å². The van der Waals surface area contributed by atoms with Gasteiger partial charge in [0.05, 0.1) is 0 Å². The van der Waals surface area contributed by atoms with Gasteiger partial charge in [0, 0.05) is 63.5 Å². The molecule has 0 spiro atoms. The van der Waals surface area contributed by atoms with E-state index in [9.17, 15) is 9.59 Å². The van der Waals surface area contributed by atoms with Gasteiger partial charge in [-0.15, -0.1) is 0 Å². The minimum Gasteiger partial charge on any atom is -0.373 e. The van der Waals surface area contributed by atoms with Crippen LogP contribution < -0.4 is 20.4 Å². The summed E-state index contributed by atoms with van der Waals surface area (Å²) in [7, 11) is 4.05. The van der Waals surface area contributed by atoms with Crippen molar-refractivity contribution in [1.82, 2.24) is 10.6 Å². The average Bonchev–Trinajstić information content (AvgIpc) is 2.84. The largest absolute Gasteiger partial charge is 0.373 e. The quantitative estimate of drug-likeness (QED) is 0.600. The second-order valence-electron chi connectivity index (χ2n) is 8.66. The molecule has 0 heterocycles. The number of carbonyl (C=O) groups is 2. The highest BCUT2D eigenvalue weighted by Crippen LogP contribution is 2.29. The van der Waals surface area contributed by atoms with Crippen LogP contribution in [0.5, 0.6) is 0 Å². The Labute approximate surface area is 192 Å². The van der Waals surface area contributed by atoms with E-state index >= 15 is 0 Å². The lowest BCUT2D eigenvalue weighted by atomic mass is 9.80. The summed E-state index contributed by atoms with van der Waals surface area (Å²) in [6, 6.07) is 20.3. The zero-order valence-electron chi connectivity index (χ0n) is 19.3. The van der Waals surface area contributed by atoms with Crippen LogP contribution >= 0.6 is 0 Å². The highest BCUT2D eigenvalue weighted by atomic mass is 16.2. The van der Waals surface area contributed by atoms with Gasteiger partial charge in [-0.2, -0.15) is 0 Å². The monoisotopic (exact) mass is 436 g/mol. The number of likely N-dealkylation sites (N-methyl/N-ethyl adjacent to an activating group) is 2. The molecule has 6 nitrogen and oxygen atoms in total. The number of carbonyl (C=O) groups excluding carboxylic acids is 2. The van der Waals surface area contributed by atoms with Crippen molar-refractivity contribution in [2.75, 3.05) is 50.1 Å². The molecule has 2 N–H and O–H groups in total. The van der Waals surface area contributed by atoms with Gasteiger partial charge in [0.15, 0.2) is 0 Å². The van der Waals surface area contributed by atoms with Gasteiger partial charge >= 0.3 is 0 Å². The third-order valence-electron chi connectivity index (χ3n) is 6.30. The molecule has 0 aliphatic heterocycles. The van der Waals surface area contributed by atoms with Gasteiger partial charge in [0.1, 0.15) is 0 Å². The van der Waals surface area contributed by atoms with E-state index < -0.39 is 0 Å². The van der Waals surface area contributed by atoms with E-state index in [1.54, 1.807) is 0 Å². The third kappa shape index (κ3) is 7.01. The molecule has 1 saturated carbocycles. The van der Waals surface area contributed by atoms with Crippen molar-refractivity contribution in [1.29, 1.82) is 0 Å². The Kier molecular flexibility index (Phi) is 8.96. The number of rotatable bonds is 10. The molecule has 32 heavy (non-hydrogen) atoms. The molecular formula is C26H36N4O2. The highest BCUT2D eigenvalue weighted by Gasteiger charge is 2.30. The summed E-state index contributed by atoms with van der Waals surface area (Å²) in [6.45, 7) is 2.70. The van der Waals surface area contributed by atoms with Crippen molar-refractivity contribution in [2.45, 2.75) is 25.7 Å². The Bertz CT molecular complexity index is 774. The first-order valence-electron chi connectivity index (χ1n) is 11.6. The summed E-state index contributed by atoms with van der Waals surface area (Å²) in [6.07, 6.45) is 3.28. The molecule has 1 aliphatic rings. The zero-order chi connectivity index (χ0) is 22.8. The molecule has 0 aromatic heterocycles. The maximum Gasteiger partial charge on any atom is 0.223 e. The number of para-hydroxylation sites is 2. The van der Waals surface area contributed by atoms with Crippen LogP contribution in [-0.2, 0) is 9.59 Å². The fraction of sp³-hybridized carbons (Fsp3) is 0.462. The van der Waals surface area contributed by atoms with Crippen LogP contribution in [0.15, 0.2) is 60.7 Å². The van der Waals surface area contributed by atoms with Crippen LogP contribution in [0.3, 0.4) is 0 Å². The van der Waals surface area contributed by atoms with Gasteiger partial charge in [-0.05, 0) is 43.5 Å². The molecule has 0 radical (unpaired) electrons. The predicted octanol–water partition coefficient (Wildman–Crippen LogP) is 3.30. The molecule has 172 valence electrons. The summed E-state index contributed by atoms with van der Waals surface area (Å²) in [5, 5.41) is 6.14. The number of nitrogens with zero attached hydrogens (tertiary/aromatic N) is 2. The molecule has 2 aromatic rings. The lowest BCUT2D eigenvalue weighted by Gasteiger charge is -2.28. The molecule has 2 amide bonds. The van der Waals surface area contributed by atoms with Gasteiger partial charge in [0.2, 0.25) is 11.8 Å². The van der Waals surface area contributed by atoms with Crippen LogP contribution in [0.1, 0.15) is 25.7 Å². The van der Waals surface area contributed by atoms with Crippen molar-refractivity contribution in [3.8, 4) is 0 Å². The van der Waals surface area contributed by atoms with E-state index in [2.05, 4.69) is 44.7 Å². The number of hydrogen-bond donors (Lipinski definition) is 2. The van der Waals surface area contributed by atoms with Gasteiger partial charge in [-0.25, -0.2) is 0 Å². The summed E-state index contributed by atoms with van der Waals surface area (Å²) < 4.78 is 0. The second-order valence-corrected chi connectivity index (χ2v) is 8.66. The molecule has 1 fully saturated rings. The van der Waals surface area contributed by atoms with E-state index in [1.165, 1.54) is 0 Å². The molecule has 2 atom stereocenters. The number of hydrogen-bond acceptors (Lipinski definition) is 4. The number of anilines is 2. The first-order valence-corrected chi connectivity index (χ1v) is 11.6. The summed E-state index contributed by atoms with van der Waals surface area (Å²) in [4.78, 5) is 29.6. The molecular weight excluding hydrogens is 400 g/mol. The van der Waals surface area contributed by atoms with Gasteiger partial charge in [-0.1, -0.05) is 42.8 Å². The predicted molar refractivity (Wildman–Crippen MR) is 131 cm³/mol. The third-order valence-corrected chi connectivity index (χ3v) is 6.30. The molecule has 0 bridgehead atoms. The van der Waals surface area contributed by atoms with Crippen molar-refractivity contribution in [3.05, 3.63) is 60.7 Å². The van der Waals surface area contributed by atoms with E-state index in [4.69, 9.17) is 0 Å². The maximum absolute atomic E-state index is 12.7. The van der Waals surface area contributed by atoms with Crippen LogP contribution in [0.25, 0.3) is 0 Å². The fourth-order valence-corrected chi connectivity index (χ4v) is 4.27. The molecule has 2 aromatic carbocycles. The number of benzene rings is 2. The normalized spacial score (nSPS) is 17.9. The van der Waals surface area contributed by atoms with Gasteiger partial charge in [-0.3, -0.25) is 9.59 Å². The Morgan fingerprint density at radius 3 is 1.56 bits per heavy atom. The van der Waals surface area contributed by atoms with E-state index in [0.29, 0.717) is 19.5 Å². The summed E-state index contributed by atoms with van der Waals surface area (Å²) >= 11 is 0. The Balaban J connectivity index is 1.37. The van der Waals surface area contributed by atoms with Crippen molar-refractivity contribution in [2.24, 2.45) is 11.8 Å². The Morgan fingerprint density at radius 1 is 0.750 bits per heavy atom. The zero-order valence-corrected chi connectivity index (χ0v) is 19.3. The fourth-order valence-electron chi connectivity index (χ4n) is 4.27. The van der Waals surface area contributed by atoms with Crippen LogP contribution in [0, 0.1) is 11.8 Å². The van der Waals surface area contributed by atoms with Gasteiger partial charge in [0.25, 0.3) is 0 Å². The second kappa shape index (κ2) is 12.1. The van der Waals surface area contributed by atoms with Crippen molar-refractivity contribution >= 4 is 23.2 Å². The molecule has 6 heteroatoms. The standard InChI is InChI=1S/C26H36N4O2/c1-29(23-12-5-3-6-13-23)18-16-27-25(31)21-10-9-11-22(20-21)26(32)28-17-19-30(2)24-14-7-4-8-15-24/h3-8,12-15,21-22H,9-11,16-20H2,1-2H3,(H,27,31)(H,28,32). The first-order chi connectivity index (χ1) is 15.5.